The molecule has 0 aliphatic heterocycles. The maximum atomic E-state index is 4.13. The van der Waals surface area contributed by atoms with Gasteiger partial charge in [0.15, 0.2) is 0 Å². The van der Waals surface area contributed by atoms with Crippen molar-refractivity contribution >= 4 is 6.08 Å². The summed E-state index contributed by atoms with van der Waals surface area (Å²) < 4.78 is 0. The summed E-state index contributed by atoms with van der Waals surface area (Å²) in [5, 5.41) is 0. The molecular formula is C9H11N. The van der Waals surface area contributed by atoms with E-state index in [0.717, 1.165) is 12.1 Å². The van der Waals surface area contributed by atoms with Crippen molar-refractivity contribution in [1.82, 2.24) is 4.98 Å². The number of hydrogen-bond donors (Lipinski definition) is 0. The molecule has 0 saturated carbocycles. The van der Waals surface area contributed by atoms with Gasteiger partial charge in [0.1, 0.15) is 0 Å². The molecule has 1 heterocycles. The van der Waals surface area contributed by atoms with Crippen molar-refractivity contribution < 1.29 is 0 Å². The average molecular weight is 133 g/mol. The molecule has 0 spiro atoms. The summed E-state index contributed by atoms with van der Waals surface area (Å²) in [5.74, 6) is 0. The van der Waals surface area contributed by atoms with Crippen LogP contribution in [0.5, 0.6) is 0 Å². The third-order valence-corrected chi connectivity index (χ3v) is 1.21. The van der Waals surface area contributed by atoms with Crippen molar-refractivity contribution in [3.05, 3.63) is 36.2 Å². The van der Waals surface area contributed by atoms with Gasteiger partial charge in [-0.3, -0.25) is 4.98 Å². The fraction of sp³-hybridized carbons (Fsp3) is 0.222. The number of pyridine rings is 1. The second-order valence-corrected chi connectivity index (χ2v) is 2.07. The van der Waals surface area contributed by atoms with Gasteiger partial charge in [-0.2, -0.15) is 0 Å². The summed E-state index contributed by atoms with van der Waals surface area (Å²) in [4.78, 5) is 4.13. The highest BCUT2D eigenvalue weighted by Gasteiger charge is 1.80. The van der Waals surface area contributed by atoms with Crippen LogP contribution in [0.25, 0.3) is 6.08 Å². The summed E-state index contributed by atoms with van der Waals surface area (Å²) in [6.45, 7) is 2.11. The summed E-state index contributed by atoms with van der Waals surface area (Å²) >= 11 is 0. The minimum Gasteiger partial charge on any atom is -0.257 e. The van der Waals surface area contributed by atoms with Crippen LogP contribution >= 0.6 is 0 Å². The van der Waals surface area contributed by atoms with Gasteiger partial charge >= 0.3 is 0 Å². The number of nitrogens with zero attached hydrogens (tertiary/aromatic N) is 1. The Bertz CT molecular complexity index is 201. The fourth-order valence-electron chi connectivity index (χ4n) is 0.713. The topological polar surface area (TPSA) is 12.9 Å². The van der Waals surface area contributed by atoms with E-state index in [2.05, 4.69) is 18.0 Å². The first-order valence-corrected chi connectivity index (χ1v) is 3.51. The highest BCUT2D eigenvalue weighted by atomic mass is 14.6. The quantitative estimate of drug-likeness (QED) is 0.604. The predicted molar refractivity (Wildman–Crippen MR) is 43.6 cm³/mol. The molecule has 0 aliphatic carbocycles. The van der Waals surface area contributed by atoms with Gasteiger partial charge < -0.3 is 0 Å². The van der Waals surface area contributed by atoms with Crippen molar-refractivity contribution in [2.24, 2.45) is 0 Å². The lowest BCUT2D eigenvalue weighted by molar-refractivity contribution is 1.22. The Morgan fingerprint density at radius 2 is 2.40 bits per heavy atom. The lowest BCUT2D eigenvalue weighted by atomic mass is 10.3. The second kappa shape index (κ2) is 3.83. The van der Waals surface area contributed by atoms with Crippen LogP contribution in [0.15, 0.2) is 30.5 Å². The normalized spacial score (nSPS) is 10.5. The third-order valence-electron chi connectivity index (χ3n) is 1.21. The number of allylic oxidation sites excluding steroid dienone is 1. The highest BCUT2D eigenvalue weighted by Crippen LogP contribution is 1.96. The zero-order valence-corrected chi connectivity index (χ0v) is 6.12. The second-order valence-electron chi connectivity index (χ2n) is 2.07. The Morgan fingerprint density at radius 1 is 1.50 bits per heavy atom. The molecule has 0 fully saturated rings. The van der Waals surface area contributed by atoms with Gasteiger partial charge in [-0.15, -0.1) is 0 Å². The standard InChI is InChI=1S/C9H11N/c1-2-3-6-9-7-4-5-8-10-9/h3-8H,2H2,1H3/b6-3+. The van der Waals surface area contributed by atoms with Crippen LogP contribution in [0.4, 0.5) is 0 Å². The minimum absolute atomic E-state index is 1.03. The first-order chi connectivity index (χ1) is 4.93. The van der Waals surface area contributed by atoms with Crippen LogP contribution in [-0.2, 0) is 0 Å². The van der Waals surface area contributed by atoms with Crippen LogP contribution in [0.2, 0.25) is 0 Å². The van der Waals surface area contributed by atoms with Gasteiger partial charge in [-0.05, 0) is 24.6 Å². The van der Waals surface area contributed by atoms with Gasteiger partial charge in [-0.1, -0.05) is 19.1 Å². The first kappa shape index (κ1) is 7.00. The zero-order chi connectivity index (χ0) is 7.23. The molecule has 1 aromatic heterocycles. The molecule has 0 atom stereocenters. The maximum absolute atomic E-state index is 4.13. The van der Waals surface area contributed by atoms with E-state index in [-0.39, 0.29) is 0 Å². The van der Waals surface area contributed by atoms with E-state index < -0.39 is 0 Å². The lowest BCUT2D eigenvalue weighted by Crippen LogP contribution is -1.75. The van der Waals surface area contributed by atoms with Crippen molar-refractivity contribution in [1.29, 1.82) is 0 Å². The SMILES string of the molecule is CC/C=C/c1ccccn1. The van der Waals surface area contributed by atoms with Crippen molar-refractivity contribution in [2.75, 3.05) is 0 Å². The van der Waals surface area contributed by atoms with Gasteiger partial charge in [0.25, 0.3) is 0 Å². The van der Waals surface area contributed by atoms with E-state index in [9.17, 15) is 0 Å². The monoisotopic (exact) mass is 133 g/mol. The fourth-order valence-corrected chi connectivity index (χ4v) is 0.713. The summed E-state index contributed by atoms with van der Waals surface area (Å²) in [6.07, 6.45) is 6.99. The summed E-state index contributed by atoms with van der Waals surface area (Å²) in [6, 6.07) is 5.90. The number of hydrogen-bond acceptors (Lipinski definition) is 1. The summed E-state index contributed by atoms with van der Waals surface area (Å²) in [7, 11) is 0. The van der Waals surface area contributed by atoms with Gasteiger partial charge in [-0.25, -0.2) is 0 Å². The van der Waals surface area contributed by atoms with E-state index in [1.165, 1.54) is 0 Å². The van der Waals surface area contributed by atoms with Gasteiger partial charge in [0.2, 0.25) is 0 Å². The maximum Gasteiger partial charge on any atom is 0.0626 e. The molecule has 0 aliphatic rings. The summed E-state index contributed by atoms with van der Waals surface area (Å²) in [5.41, 5.74) is 1.03. The average Bonchev–Trinajstić information content (AvgIpc) is 2.03. The molecular weight excluding hydrogens is 122 g/mol. The van der Waals surface area contributed by atoms with Crippen molar-refractivity contribution in [3.8, 4) is 0 Å². The van der Waals surface area contributed by atoms with Crippen molar-refractivity contribution in [3.63, 3.8) is 0 Å². The molecule has 0 N–H and O–H groups in total. The third kappa shape index (κ3) is 2.02. The molecule has 0 aromatic carbocycles. The van der Waals surface area contributed by atoms with E-state index >= 15 is 0 Å². The molecule has 1 rings (SSSR count). The molecule has 1 aromatic rings. The van der Waals surface area contributed by atoms with Crippen LogP contribution in [0.1, 0.15) is 19.0 Å². The molecule has 0 saturated heterocycles. The number of rotatable bonds is 2. The van der Waals surface area contributed by atoms with E-state index in [1.54, 1.807) is 6.20 Å². The van der Waals surface area contributed by atoms with Gasteiger partial charge in [0, 0.05) is 6.20 Å². The molecule has 1 heteroatoms. The van der Waals surface area contributed by atoms with Crippen LogP contribution < -0.4 is 0 Å². The Morgan fingerprint density at radius 3 is 3.00 bits per heavy atom. The molecule has 0 bridgehead atoms. The van der Waals surface area contributed by atoms with E-state index in [4.69, 9.17) is 0 Å². The highest BCUT2D eigenvalue weighted by molar-refractivity contribution is 5.43. The molecule has 10 heavy (non-hydrogen) atoms. The molecule has 0 radical (unpaired) electrons. The Labute approximate surface area is 61.4 Å². The Balaban J connectivity index is 2.67. The van der Waals surface area contributed by atoms with E-state index in [1.807, 2.05) is 24.3 Å². The molecule has 0 unspecified atom stereocenters. The molecule has 52 valence electrons. The Kier molecular flexibility index (Phi) is 2.68. The smallest absolute Gasteiger partial charge is 0.0626 e. The number of aromatic nitrogens is 1. The largest absolute Gasteiger partial charge is 0.257 e. The predicted octanol–water partition coefficient (Wildman–Crippen LogP) is 2.50. The van der Waals surface area contributed by atoms with Gasteiger partial charge in [0.05, 0.1) is 5.69 Å². The molecule has 0 amide bonds. The van der Waals surface area contributed by atoms with E-state index in [0.29, 0.717) is 0 Å². The minimum atomic E-state index is 1.03. The Hall–Kier alpha value is -1.11. The van der Waals surface area contributed by atoms with Crippen LogP contribution in [0, 0.1) is 0 Å². The lowest BCUT2D eigenvalue weighted by Gasteiger charge is -1.87. The zero-order valence-electron chi connectivity index (χ0n) is 6.12. The molecule has 1 nitrogen and oxygen atoms in total. The first-order valence-electron chi connectivity index (χ1n) is 3.51. The van der Waals surface area contributed by atoms with Crippen LogP contribution in [-0.4, -0.2) is 4.98 Å². The van der Waals surface area contributed by atoms with Crippen LogP contribution in [0.3, 0.4) is 0 Å². The van der Waals surface area contributed by atoms with Crippen molar-refractivity contribution in [2.45, 2.75) is 13.3 Å².